The van der Waals surface area contributed by atoms with Crippen molar-refractivity contribution in [2.24, 2.45) is 5.41 Å². The predicted octanol–water partition coefficient (Wildman–Crippen LogP) is 2.75. The molecule has 0 unspecified atom stereocenters. The van der Waals surface area contributed by atoms with E-state index in [0.717, 1.165) is 44.0 Å². The first-order valence-electron chi connectivity index (χ1n) is 9.66. The fraction of sp³-hybridized carbons (Fsp3) is 0.600. The molecule has 8 heteroatoms. The summed E-state index contributed by atoms with van der Waals surface area (Å²) in [6.07, 6.45) is 3.27. The van der Waals surface area contributed by atoms with E-state index in [1.165, 1.54) is 0 Å². The van der Waals surface area contributed by atoms with Crippen LogP contribution in [0.4, 0.5) is 5.82 Å². The molecule has 1 aliphatic heterocycles. The van der Waals surface area contributed by atoms with Crippen molar-refractivity contribution in [3.63, 3.8) is 0 Å². The van der Waals surface area contributed by atoms with E-state index in [4.69, 9.17) is 9.26 Å². The molecule has 1 fully saturated rings. The topological polar surface area (TPSA) is 84.6 Å². The molecule has 0 spiro atoms. The van der Waals surface area contributed by atoms with Gasteiger partial charge in [-0.2, -0.15) is 4.98 Å². The zero-order valence-electron chi connectivity index (χ0n) is 17.1. The molecule has 0 radical (unpaired) electrons. The van der Waals surface area contributed by atoms with Gasteiger partial charge in [-0.25, -0.2) is 4.98 Å². The SMILES string of the molecule is COCc1nc(-c2ccnc(N3CCN(C(=O)CCC(C)(C)C)CC3)c2)no1. The maximum atomic E-state index is 12.4. The van der Waals surface area contributed by atoms with Crippen molar-refractivity contribution in [3.8, 4) is 11.4 Å². The summed E-state index contributed by atoms with van der Waals surface area (Å²) in [5.74, 6) is 2.07. The molecule has 0 aliphatic carbocycles. The summed E-state index contributed by atoms with van der Waals surface area (Å²) in [4.78, 5) is 25.4. The van der Waals surface area contributed by atoms with Crippen LogP contribution in [-0.4, -0.2) is 59.2 Å². The van der Waals surface area contributed by atoms with Gasteiger partial charge in [0.2, 0.25) is 11.7 Å². The summed E-state index contributed by atoms with van der Waals surface area (Å²) in [7, 11) is 1.59. The third-order valence-electron chi connectivity index (χ3n) is 4.78. The van der Waals surface area contributed by atoms with Crippen LogP contribution in [0.1, 0.15) is 39.5 Å². The number of amides is 1. The van der Waals surface area contributed by atoms with Gasteiger partial charge in [-0.05, 0) is 24.0 Å². The summed E-state index contributed by atoms with van der Waals surface area (Å²) in [5.41, 5.74) is 1.03. The smallest absolute Gasteiger partial charge is 0.252 e. The molecule has 1 saturated heterocycles. The summed E-state index contributed by atoms with van der Waals surface area (Å²) in [5, 5.41) is 4.00. The monoisotopic (exact) mass is 387 g/mol. The molecule has 0 bridgehead atoms. The Morgan fingerprint density at radius 1 is 1.25 bits per heavy atom. The minimum Gasteiger partial charge on any atom is -0.375 e. The summed E-state index contributed by atoms with van der Waals surface area (Å²) in [6, 6.07) is 3.82. The van der Waals surface area contributed by atoms with Gasteiger partial charge < -0.3 is 19.1 Å². The maximum Gasteiger partial charge on any atom is 0.252 e. The third-order valence-corrected chi connectivity index (χ3v) is 4.78. The normalized spacial score (nSPS) is 15.1. The van der Waals surface area contributed by atoms with Crippen molar-refractivity contribution in [1.29, 1.82) is 0 Å². The highest BCUT2D eigenvalue weighted by atomic mass is 16.5. The Kier molecular flexibility index (Phi) is 6.28. The molecule has 152 valence electrons. The van der Waals surface area contributed by atoms with E-state index in [2.05, 4.69) is 40.8 Å². The van der Waals surface area contributed by atoms with Gasteiger partial charge in [0.15, 0.2) is 0 Å². The number of nitrogens with zero attached hydrogens (tertiary/aromatic N) is 5. The van der Waals surface area contributed by atoms with Gasteiger partial charge in [0, 0.05) is 51.5 Å². The largest absolute Gasteiger partial charge is 0.375 e. The number of piperazine rings is 1. The lowest BCUT2D eigenvalue weighted by molar-refractivity contribution is -0.132. The number of hydrogen-bond acceptors (Lipinski definition) is 7. The molecule has 1 aliphatic rings. The molecule has 28 heavy (non-hydrogen) atoms. The van der Waals surface area contributed by atoms with Crippen LogP contribution in [0, 0.1) is 5.41 Å². The Labute approximate surface area is 165 Å². The summed E-state index contributed by atoms with van der Waals surface area (Å²) >= 11 is 0. The van der Waals surface area contributed by atoms with Crippen molar-refractivity contribution in [3.05, 3.63) is 24.2 Å². The Balaban J connectivity index is 1.59. The molecule has 3 heterocycles. The molecule has 3 rings (SSSR count). The number of ether oxygens (including phenoxy) is 1. The fourth-order valence-electron chi connectivity index (χ4n) is 3.11. The Morgan fingerprint density at radius 3 is 2.68 bits per heavy atom. The minimum atomic E-state index is 0.181. The molecule has 0 N–H and O–H groups in total. The van der Waals surface area contributed by atoms with E-state index in [9.17, 15) is 4.79 Å². The zero-order valence-corrected chi connectivity index (χ0v) is 17.1. The van der Waals surface area contributed by atoms with Gasteiger partial charge in [0.1, 0.15) is 12.4 Å². The fourth-order valence-corrected chi connectivity index (χ4v) is 3.11. The highest BCUT2D eigenvalue weighted by Gasteiger charge is 2.23. The second kappa shape index (κ2) is 8.68. The molecule has 0 aromatic carbocycles. The molecule has 1 amide bonds. The molecular weight excluding hydrogens is 358 g/mol. The van der Waals surface area contributed by atoms with E-state index in [1.807, 2.05) is 17.0 Å². The van der Waals surface area contributed by atoms with Crippen LogP contribution in [-0.2, 0) is 16.1 Å². The lowest BCUT2D eigenvalue weighted by Crippen LogP contribution is -2.49. The van der Waals surface area contributed by atoms with Gasteiger partial charge in [-0.3, -0.25) is 4.79 Å². The van der Waals surface area contributed by atoms with Gasteiger partial charge in [0.25, 0.3) is 5.89 Å². The quantitative estimate of drug-likeness (QED) is 0.753. The first-order chi connectivity index (χ1) is 13.4. The molecule has 2 aromatic heterocycles. The first-order valence-corrected chi connectivity index (χ1v) is 9.66. The highest BCUT2D eigenvalue weighted by molar-refractivity contribution is 5.76. The molecule has 0 saturated carbocycles. The summed E-state index contributed by atoms with van der Waals surface area (Å²) < 4.78 is 10.2. The van der Waals surface area contributed by atoms with Crippen LogP contribution in [0.2, 0.25) is 0 Å². The average Bonchev–Trinajstić information content (AvgIpc) is 3.15. The van der Waals surface area contributed by atoms with Gasteiger partial charge in [-0.1, -0.05) is 25.9 Å². The molecular formula is C20H29N5O3. The third kappa shape index (κ3) is 5.28. The van der Waals surface area contributed by atoms with Gasteiger partial charge in [0.05, 0.1) is 0 Å². The predicted molar refractivity (Wildman–Crippen MR) is 106 cm³/mol. The van der Waals surface area contributed by atoms with Crippen LogP contribution in [0.5, 0.6) is 0 Å². The standard InChI is InChI=1S/C20H29N5O3/c1-20(2,3)7-5-18(26)25-11-9-24(10-12-25)16-13-15(6-8-21-16)19-22-17(14-27-4)28-23-19/h6,8,13H,5,7,9-12,14H2,1-4H3. The van der Waals surface area contributed by atoms with Crippen molar-refractivity contribution in [1.82, 2.24) is 20.0 Å². The van der Waals surface area contributed by atoms with Gasteiger partial charge in [-0.15, -0.1) is 0 Å². The first kappa shape index (κ1) is 20.3. The molecule has 8 nitrogen and oxygen atoms in total. The van der Waals surface area contributed by atoms with Crippen molar-refractivity contribution in [2.45, 2.75) is 40.2 Å². The van der Waals surface area contributed by atoms with E-state index >= 15 is 0 Å². The molecule has 2 aromatic rings. The van der Waals surface area contributed by atoms with Crippen molar-refractivity contribution < 1.29 is 14.1 Å². The van der Waals surface area contributed by atoms with Gasteiger partial charge >= 0.3 is 0 Å². The van der Waals surface area contributed by atoms with Crippen molar-refractivity contribution >= 4 is 11.7 Å². The van der Waals surface area contributed by atoms with Crippen LogP contribution in [0.25, 0.3) is 11.4 Å². The number of carbonyl (C=O) groups is 1. The second-order valence-corrected chi connectivity index (χ2v) is 8.28. The number of hydrogen-bond donors (Lipinski definition) is 0. The Morgan fingerprint density at radius 2 is 2.00 bits per heavy atom. The van der Waals surface area contributed by atoms with Crippen LogP contribution < -0.4 is 4.90 Å². The number of anilines is 1. The number of rotatable bonds is 6. The lowest BCUT2D eigenvalue weighted by Gasteiger charge is -2.36. The van der Waals surface area contributed by atoms with E-state index < -0.39 is 0 Å². The highest BCUT2D eigenvalue weighted by Crippen LogP contribution is 2.23. The number of aromatic nitrogens is 3. The zero-order chi connectivity index (χ0) is 20.1. The van der Waals surface area contributed by atoms with E-state index in [1.54, 1.807) is 13.3 Å². The number of carbonyl (C=O) groups excluding carboxylic acids is 1. The second-order valence-electron chi connectivity index (χ2n) is 8.28. The van der Waals surface area contributed by atoms with E-state index in [0.29, 0.717) is 18.1 Å². The minimum absolute atomic E-state index is 0.181. The van der Waals surface area contributed by atoms with E-state index in [-0.39, 0.29) is 17.9 Å². The molecule has 0 atom stereocenters. The Hall–Kier alpha value is -2.48. The maximum absolute atomic E-state index is 12.4. The van der Waals surface area contributed by atoms with Crippen molar-refractivity contribution in [2.75, 3.05) is 38.2 Å². The van der Waals surface area contributed by atoms with Crippen LogP contribution >= 0.6 is 0 Å². The van der Waals surface area contributed by atoms with Crippen LogP contribution in [0.15, 0.2) is 22.9 Å². The average molecular weight is 387 g/mol. The van der Waals surface area contributed by atoms with Crippen LogP contribution in [0.3, 0.4) is 0 Å². The number of methoxy groups -OCH3 is 1. The Bertz CT molecular complexity index is 791. The number of pyridine rings is 1. The lowest BCUT2D eigenvalue weighted by atomic mass is 9.90. The summed E-state index contributed by atoms with van der Waals surface area (Å²) in [6.45, 7) is 9.74.